The van der Waals surface area contributed by atoms with E-state index in [0.717, 1.165) is 71.3 Å². The maximum absolute atomic E-state index is 5.90. The molecule has 0 aromatic rings. The van der Waals surface area contributed by atoms with Crippen molar-refractivity contribution in [1.82, 2.24) is 10.2 Å². The van der Waals surface area contributed by atoms with Gasteiger partial charge in [0, 0.05) is 46.5 Å². The topological polar surface area (TPSA) is 55.3 Å². The third-order valence-electron chi connectivity index (χ3n) is 4.18. The summed E-state index contributed by atoms with van der Waals surface area (Å²) >= 11 is 0. The van der Waals surface area contributed by atoms with Gasteiger partial charge in [-0.1, -0.05) is 13.8 Å². The predicted octanol–water partition coefficient (Wildman–Crippen LogP) is 1.50. The quantitative estimate of drug-likeness (QED) is 0.436. The van der Waals surface area contributed by atoms with Crippen LogP contribution in [0.25, 0.3) is 0 Å². The highest BCUT2D eigenvalue weighted by Crippen LogP contribution is 2.20. The number of nitrogens with zero attached hydrogens (tertiary/aromatic N) is 2. The zero-order chi connectivity index (χ0) is 16.5. The summed E-state index contributed by atoms with van der Waals surface area (Å²) < 4.78 is 17.3. The molecule has 23 heavy (non-hydrogen) atoms. The van der Waals surface area contributed by atoms with Crippen LogP contribution in [0, 0.1) is 5.92 Å². The maximum atomic E-state index is 5.90. The van der Waals surface area contributed by atoms with Gasteiger partial charge in [-0.2, -0.15) is 0 Å². The van der Waals surface area contributed by atoms with Crippen molar-refractivity contribution in [3.05, 3.63) is 0 Å². The summed E-state index contributed by atoms with van der Waals surface area (Å²) in [5.74, 6) is 1.55. The largest absolute Gasteiger partial charge is 0.381 e. The van der Waals surface area contributed by atoms with Crippen molar-refractivity contribution >= 4 is 5.96 Å². The Balaban J connectivity index is 1.68. The minimum Gasteiger partial charge on any atom is -0.381 e. The van der Waals surface area contributed by atoms with Crippen LogP contribution in [0.1, 0.15) is 33.1 Å². The van der Waals surface area contributed by atoms with Gasteiger partial charge in [-0.05, 0) is 25.2 Å². The Morgan fingerprint density at radius 1 is 1.30 bits per heavy atom. The smallest absolute Gasteiger partial charge is 0.193 e. The van der Waals surface area contributed by atoms with Crippen molar-refractivity contribution < 1.29 is 14.2 Å². The summed E-state index contributed by atoms with van der Waals surface area (Å²) in [5, 5.41) is 3.44. The third kappa shape index (κ3) is 6.28. The first-order chi connectivity index (χ1) is 11.2. The number of rotatable bonds is 7. The van der Waals surface area contributed by atoms with Crippen LogP contribution in [0.3, 0.4) is 0 Å². The van der Waals surface area contributed by atoms with Gasteiger partial charge in [0.05, 0.1) is 12.7 Å². The van der Waals surface area contributed by atoms with E-state index in [9.17, 15) is 0 Å². The number of nitrogens with one attached hydrogen (secondary N) is 1. The van der Waals surface area contributed by atoms with Crippen molar-refractivity contribution in [3.8, 4) is 0 Å². The van der Waals surface area contributed by atoms with E-state index in [1.807, 2.05) is 7.05 Å². The minimum absolute atomic E-state index is 0.166. The van der Waals surface area contributed by atoms with Crippen molar-refractivity contribution in [3.63, 3.8) is 0 Å². The van der Waals surface area contributed by atoms with E-state index >= 15 is 0 Å². The van der Waals surface area contributed by atoms with Crippen LogP contribution >= 0.6 is 0 Å². The Kier molecular flexibility index (Phi) is 8.12. The van der Waals surface area contributed by atoms with Crippen LogP contribution in [0.4, 0.5) is 0 Å². The van der Waals surface area contributed by atoms with Gasteiger partial charge in [0.15, 0.2) is 5.96 Å². The average molecular weight is 327 g/mol. The summed E-state index contributed by atoms with van der Waals surface area (Å²) in [6, 6.07) is 0. The van der Waals surface area contributed by atoms with Crippen LogP contribution in [0.5, 0.6) is 0 Å². The molecule has 0 aromatic heterocycles. The molecule has 1 N–H and O–H groups in total. The zero-order valence-electron chi connectivity index (χ0n) is 14.9. The molecule has 6 nitrogen and oxygen atoms in total. The van der Waals surface area contributed by atoms with Crippen LogP contribution in [-0.2, 0) is 14.2 Å². The molecule has 0 aliphatic carbocycles. The molecule has 2 atom stereocenters. The van der Waals surface area contributed by atoms with Gasteiger partial charge < -0.3 is 24.4 Å². The van der Waals surface area contributed by atoms with E-state index in [0.29, 0.717) is 5.92 Å². The van der Waals surface area contributed by atoms with E-state index in [1.54, 1.807) is 0 Å². The number of guanidine groups is 1. The third-order valence-corrected chi connectivity index (χ3v) is 4.18. The summed E-state index contributed by atoms with van der Waals surface area (Å²) in [7, 11) is 1.84. The summed E-state index contributed by atoms with van der Waals surface area (Å²) in [6.45, 7) is 10.2. The summed E-state index contributed by atoms with van der Waals surface area (Å²) in [4.78, 5) is 6.70. The Hall–Kier alpha value is -0.850. The highest BCUT2D eigenvalue weighted by atomic mass is 16.5. The van der Waals surface area contributed by atoms with Gasteiger partial charge >= 0.3 is 0 Å². The lowest BCUT2D eigenvalue weighted by molar-refractivity contribution is -0.0817. The molecule has 2 rings (SSSR count). The first-order valence-corrected chi connectivity index (χ1v) is 8.97. The molecular weight excluding hydrogens is 294 g/mol. The Morgan fingerprint density at radius 3 is 2.83 bits per heavy atom. The molecule has 2 unspecified atom stereocenters. The minimum atomic E-state index is 0.166. The molecule has 134 valence electrons. The lowest BCUT2D eigenvalue weighted by atomic mass is 10.1. The fourth-order valence-electron chi connectivity index (χ4n) is 3.01. The molecule has 2 saturated heterocycles. The van der Waals surface area contributed by atoms with Gasteiger partial charge in [0.1, 0.15) is 6.10 Å². The molecular formula is C17H33N3O3. The van der Waals surface area contributed by atoms with Crippen molar-refractivity contribution in [2.45, 2.75) is 45.3 Å². The fourth-order valence-corrected chi connectivity index (χ4v) is 3.01. The summed E-state index contributed by atoms with van der Waals surface area (Å²) in [5.41, 5.74) is 0. The van der Waals surface area contributed by atoms with Gasteiger partial charge in [-0.15, -0.1) is 0 Å². The zero-order valence-corrected chi connectivity index (χ0v) is 14.9. The second-order valence-electron chi connectivity index (χ2n) is 6.70. The lowest BCUT2D eigenvalue weighted by Crippen LogP contribution is -2.53. The molecule has 2 aliphatic heterocycles. The molecule has 6 heteroatoms. The van der Waals surface area contributed by atoms with E-state index < -0.39 is 0 Å². The fraction of sp³-hybridized carbons (Fsp3) is 0.941. The molecule has 2 fully saturated rings. The highest BCUT2D eigenvalue weighted by Gasteiger charge is 2.32. The standard InChI is InChI=1S/C17H33N3O3/c1-14(2)13-21-9-5-7-19-17(18-3)20-8-11-23-16(12-20)15-6-4-10-22-15/h14-16H,4-13H2,1-3H3,(H,18,19). The second kappa shape index (κ2) is 10.1. The molecule has 0 aromatic carbocycles. The molecule has 2 aliphatic rings. The SMILES string of the molecule is CN=C(NCCCOCC(C)C)N1CCOC(C2CCCO2)C1. The van der Waals surface area contributed by atoms with Crippen molar-refractivity contribution in [2.75, 3.05) is 53.1 Å². The Labute approximate surface area is 140 Å². The first-order valence-electron chi connectivity index (χ1n) is 8.97. The molecule has 0 saturated carbocycles. The van der Waals surface area contributed by atoms with Gasteiger partial charge in [-0.3, -0.25) is 4.99 Å². The van der Waals surface area contributed by atoms with Gasteiger partial charge in [-0.25, -0.2) is 0 Å². The normalized spacial score (nSPS) is 26.1. The second-order valence-corrected chi connectivity index (χ2v) is 6.70. The molecule has 0 radical (unpaired) electrons. The van der Waals surface area contributed by atoms with Crippen molar-refractivity contribution in [2.24, 2.45) is 10.9 Å². The molecule has 0 bridgehead atoms. The summed E-state index contributed by atoms with van der Waals surface area (Å²) in [6.07, 6.45) is 3.66. The van der Waals surface area contributed by atoms with Crippen LogP contribution in [0.15, 0.2) is 4.99 Å². The van der Waals surface area contributed by atoms with Gasteiger partial charge in [0.2, 0.25) is 0 Å². The lowest BCUT2D eigenvalue weighted by Gasteiger charge is -2.37. The highest BCUT2D eigenvalue weighted by molar-refractivity contribution is 5.80. The van der Waals surface area contributed by atoms with E-state index in [-0.39, 0.29) is 12.2 Å². The van der Waals surface area contributed by atoms with Crippen LogP contribution < -0.4 is 5.32 Å². The maximum Gasteiger partial charge on any atom is 0.193 e. The molecule has 0 amide bonds. The first kappa shape index (κ1) is 18.5. The number of ether oxygens (including phenoxy) is 3. The average Bonchev–Trinajstić information content (AvgIpc) is 3.08. The van der Waals surface area contributed by atoms with E-state index in [4.69, 9.17) is 14.2 Å². The van der Waals surface area contributed by atoms with Crippen molar-refractivity contribution in [1.29, 1.82) is 0 Å². The van der Waals surface area contributed by atoms with Gasteiger partial charge in [0.25, 0.3) is 0 Å². The van der Waals surface area contributed by atoms with Crippen LogP contribution in [-0.4, -0.2) is 76.2 Å². The Bertz CT molecular complexity index is 357. The van der Waals surface area contributed by atoms with Crippen LogP contribution in [0.2, 0.25) is 0 Å². The van der Waals surface area contributed by atoms with E-state index in [2.05, 4.69) is 29.1 Å². The molecule has 0 spiro atoms. The number of hydrogen-bond acceptors (Lipinski definition) is 4. The Morgan fingerprint density at radius 2 is 2.13 bits per heavy atom. The number of morpholine rings is 1. The number of aliphatic imine (C=N–C) groups is 1. The van der Waals surface area contributed by atoms with E-state index in [1.165, 1.54) is 0 Å². The monoisotopic (exact) mass is 327 g/mol. The number of hydrogen-bond donors (Lipinski definition) is 1. The molecule has 2 heterocycles. The predicted molar refractivity (Wildman–Crippen MR) is 91.9 cm³/mol.